The lowest BCUT2D eigenvalue weighted by molar-refractivity contribution is 0.597. The molecule has 0 radical (unpaired) electrons. The molecule has 164 valence electrons. The Morgan fingerprint density at radius 3 is 1.90 bits per heavy atom. The first-order chi connectivity index (χ1) is 14.4. The van der Waals surface area contributed by atoms with E-state index in [1.54, 1.807) is 26.0 Å². The Kier molecular flexibility index (Phi) is 6.31. The average Bonchev–Trinajstić information content (AvgIpc) is 2.67. The van der Waals surface area contributed by atoms with Gasteiger partial charge >= 0.3 is 0 Å². The number of nitrogens with one attached hydrogen (secondary N) is 2. The normalized spacial score (nSPS) is 11.9. The van der Waals surface area contributed by atoms with Crippen molar-refractivity contribution in [3.05, 3.63) is 82.1 Å². The molecule has 2 N–H and O–H groups in total. The Morgan fingerprint density at radius 1 is 0.710 bits per heavy atom. The molecule has 0 aromatic heterocycles. The monoisotopic (exact) mass is 482 g/mol. The Morgan fingerprint density at radius 2 is 1.29 bits per heavy atom. The summed E-state index contributed by atoms with van der Waals surface area (Å²) in [6, 6.07) is 12.4. The number of anilines is 2. The second kappa shape index (κ2) is 8.49. The van der Waals surface area contributed by atoms with Crippen molar-refractivity contribution in [1.82, 2.24) is 0 Å². The highest BCUT2D eigenvalue weighted by atomic mass is 35.5. The summed E-state index contributed by atoms with van der Waals surface area (Å²) in [4.78, 5) is -0.368. The topological polar surface area (TPSA) is 92.3 Å². The Balaban J connectivity index is 1.94. The molecule has 3 aromatic carbocycles. The third-order valence-electron chi connectivity index (χ3n) is 4.59. The molecule has 3 aromatic rings. The molecule has 31 heavy (non-hydrogen) atoms. The maximum atomic E-state index is 13.4. The number of hydrogen-bond donors (Lipinski definition) is 2. The van der Waals surface area contributed by atoms with Crippen LogP contribution >= 0.6 is 11.6 Å². The van der Waals surface area contributed by atoms with Crippen molar-refractivity contribution in [2.45, 2.75) is 30.6 Å². The van der Waals surface area contributed by atoms with Crippen molar-refractivity contribution in [2.75, 3.05) is 9.44 Å². The Labute approximate surface area is 186 Å². The van der Waals surface area contributed by atoms with E-state index in [0.717, 1.165) is 29.3 Å². The molecular weight excluding hydrogens is 463 g/mol. The Hall–Kier alpha value is -2.62. The van der Waals surface area contributed by atoms with Crippen molar-refractivity contribution in [3.8, 4) is 0 Å². The van der Waals surface area contributed by atoms with Crippen LogP contribution in [0.15, 0.2) is 64.4 Å². The van der Waals surface area contributed by atoms with E-state index in [-0.39, 0.29) is 20.5 Å². The Bertz CT molecular complexity index is 1370. The summed E-state index contributed by atoms with van der Waals surface area (Å²) in [5.41, 5.74) is 2.75. The van der Waals surface area contributed by atoms with Crippen molar-refractivity contribution < 1.29 is 21.2 Å². The summed E-state index contributed by atoms with van der Waals surface area (Å²) in [5.74, 6) is -0.748. The largest absolute Gasteiger partial charge is 0.279 e. The maximum absolute atomic E-state index is 13.4. The first-order valence-corrected chi connectivity index (χ1v) is 12.4. The minimum atomic E-state index is -4.12. The molecule has 0 fully saturated rings. The van der Waals surface area contributed by atoms with Gasteiger partial charge in [0.05, 0.1) is 26.2 Å². The van der Waals surface area contributed by atoms with Gasteiger partial charge in [0, 0.05) is 0 Å². The molecule has 0 unspecified atom stereocenters. The molecule has 0 spiro atoms. The molecular formula is C21H20ClFN2O4S2. The predicted molar refractivity (Wildman–Crippen MR) is 120 cm³/mol. The van der Waals surface area contributed by atoms with Crippen molar-refractivity contribution >= 4 is 43.0 Å². The number of sulfonamides is 2. The van der Waals surface area contributed by atoms with Crippen LogP contribution in [0.4, 0.5) is 15.8 Å². The van der Waals surface area contributed by atoms with Gasteiger partial charge in [0.2, 0.25) is 0 Å². The number of aryl methyl sites for hydroxylation is 3. The van der Waals surface area contributed by atoms with Crippen LogP contribution in [-0.2, 0) is 20.0 Å². The summed E-state index contributed by atoms with van der Waals surface area (Å²) in [7, 11) is -8.10. The van der Waals surface area contributed by atoms with E-state index in [0.29, 0.717) is 11.3 Å². The van der Waals surface area contributed by atoms with E-state index in [9.17, 15) is 21.2 Å². The fourth-order valence-electron chi connectivity index (χ4n) is 2.86. The van der Waals surface area contributed by atoms with Gasteiger partial charge in [-0.25, -0.2) is 21.2 Å². The smallest absolute Gasteiger partial charge is 0.261 e. The first kappa shape index (κ1) is 23.1. The van der Waals surface area contributed by atoms with Gasteiger partial charge in [-0.05, 0) is 68.3 Å². The van der Waals surface area contributed by atoms with Crippen molar-refractivity contribution in [2.24, 2.45) is 0 Å². The minimum absolute atomic E-state index is 0.0731. The second-order valence-electron chi connectivity index (χ2n) is 7.08. The van der Waals surface area contributed by atoms with Gasteiger partial charge < -0.3 is 0 Å². The van der Waals surface area contributed by atoms with Crippen LogP contribution in [0, 0.1) is 26.6 Å². The third-order valence-corrected chi connectivity index (χ3v) is 7.61. The summed E-state index contributed by atoms with van der Waals surface area (Å²) < 4.78 is 69.4. The van der Waals surface area contributed by atoms with E-state index in [1.165, 1.54) is 18.2 Å². The molecule has 3 rings (SSSR count). The minimum Gasteiger partial charge on any atom is -0.279 e. The highest BCUT2D eigenvalue weighted by Crippen LogP contribution is 2.27. The zero-order valence-electron chi connectivity index (χ0n) is 16.9. The fourth-order valence-corrected chi connectivity index (χ4v) is 5.41. The van der Waals surface area contributed by atoms with Crippen molar-refractivity contribution in [3.63, 3.8) is 0 Å². The van der Waals surface area contributed by atoms with Crippen LogP contribution in [0.1, 0.15) is 16.7 Å². The number of rotatable bonds is 6. The molecule has 0 amide bonds. The van der Waals surface area contributed by atoms with Crippen LogP contribution < -0.4 is 9.44 Å². The molecule has 0 saturated carbocycles. The van der Waals surface area contributed by atoms with E-state index >= 15 is 0 Å². The van der Waals surface area contributed by atoms with Gasteiger partial charge in [-0.1, -0.05) is 35.4 Å². The molecule has 6 nitrogen and oxygen atoms in total. The number of benzene rings is 3. The fraction of sp³-hybridized carbons (Fsp3) is 0.143. The maximum Gasteiger partial charge on any atom is 0.261 e. The van der Waals surface area contributed by atoms with E-state index < -0.39 is 25.9 Å². The van der Waals surface area contributed by atoms with E-state index in [1.807, 2.05) is 13.0 Å². The quantitative estimate of drug-likeness (QED) is 0.516. The highest BCUT2D eigenvalue weighted by Gasteiger charge is 2.21. The summed E-state index contributed by atoms with van der Waals surface area (Å²) in [6.07, 6.45) is 0. The van der Waals surface area contributed by atoms with Crippen LogP contribution in [0.25, 0.3) is 0 Å². The lowest BCUT2D eigenvalue weighted by atomic mass is 10.1. The zero-order chi connectivity index (χ0) is 23.0. The molecule has 10 heteroatoms. The van der Waals surface area contributed by atoms with Crippen LogP contribution in [0.5, 0.6) is 0 Å². The first-order valence-electron chi connectivity index (χ1n) is 9.08. The number of hydrogen-bond acceptors (Lipinski definition) is 4. The lowest BCUT2D eigenvalue weighted by Crippen LogP contribution is -2.16. The SMILES string of the molecule is Cc1ccc(NS(=O)(=O)c2ccc(C)c(NS(=O)(=O)c3ccc(F)c(Cl)c3)c2)c(C)c1. The van der Waals surface area contributed by atoms with Crippen LogP contribution in [-0.4, -0.2) is 16.8 Å². The predicted octanol–water partition coefficient (Wildman–Crippen LogP) is 5.01. The summed E-state index contributed by atoms with van der Waals surface area (Å²) >= 11 is 5.68. The molecule has 0 saturated heterocycles. The van der Waals surface area contributed by atoms with Gasteiger partial charge in [0.1, 0.15) is 5.82 Å². The summed E-state index contributed by atoms with van der Waals surface area (Å²) in [6.45, 7) is 5.31. The van der Waals surface area contributed by atoms with Crippen LogP contribution in [0.3, 0.4) is 0 Å². The van der Waals surface area contributed by atoms with Gasteiger partial charge in [-0.2, -0.15) is 0 Å². The van der Waals surface area contributed by atoms with Gasteiger partial charge in [-0.15, -0.1) is 0 Å². The zero-order valence-corrected chi connectivity index (χ0v) is 19.3. The number of halogens is 2. The standard InChI is InChI=1S/C21H20ClFN2O4S2/c1-13-4-9-20(15(3)10-13)24-31(28,29)17-6-5-14(2)21(12-17)25-30(26,27)16-7-8-19(23)18(22)11-16/h4-12,24-25H,1-3H3. The van der Waals surface area contributed by atoms with Crippen LogP contribution in [0.2, 0.25) is 5.02 Å². The van der Waals surface area contributed by atoms with Gasteiger partial charge in [0.15, 0.2) is 0 Å². The highest BCUT2D eigenvalue weighted by molar-refractivity contribution is 7.93. The summed E-state index contributed by atoms with van der Waals surface area (Å²) in [5, 5.41) is -0.339. The van der Waals surface area contributed by atoms with E-state index in [4.69, 9.17) is 11.6 Å². The second-order valence-corrected chi connectivity index (χ2v) is 10.9. The molecule has 0 atom stereocenters. The van der Waals surface area contributed by atoms with E-state index in [2.05, 4.69) is 9.44 Å². The molecule has 0 aliphatic rings. The lowest BCUT2D eigenvalue weighted by Gasteiger charge is -2.15. The molecule has 0 heterocycles. The third kappa shape index (κ3) is 5.17. The molecule has 0 bridgehead atoms. The van der Waals surface area contributed by atoms with Gasteiger partial charge in [-0.3, -0.25) is 9.44 Å². The molecule has 0 aliphatic heterocycles. The average molecular weight is 483 g/mol. The molecule has 0 aliphatic carbocycles. The van der Waals surface area contributed by atoms with Crippen molar-refractivity contribution in [1.29, 1.82) is 0 Å². The van der Waals surface area contributed by atoms with Gasteiger partial charge in [0.25, 0.3) is 20.0 Å².